The van der Waals surface area contributed by atoms with Crippen LogP contribution in [0.4, 0.5) is 11.6 Å². The molecule has 0 saturated carbocycles. The molecule has 0 radical (unpaired) electrons. The van der Waals surface area contributed by atoms with Crippen LogP contribution in [0.25, 0.3) is 0 Å². The van der Waals surface area contributed by atoms with Crippen molar-refractivity contribution in [3.05, 3.63) is 46.7 Å². The molecule has 0 amide bonds. The maximum atomic E-state index is 5.19. The summed E-state index contributed by atoms with van der Waals surface area (Å²) in [5.74, 6) is 2.30. The standard InChI is InChI=1S/C14H14N4OS2/c1-19-11-5-2-4-10(8-11)15-13-16-14(18-17-13)21-9-12-6-3-7-20-12/h2-8H,9H2,1H3,(H2,15,16,17,18). The molecule has 0 aliphatic carbocycles. The van der Waals surface area contributed by atoms with Crippen LogP contribution < -0.4 is 10.1 Å². The Labute approximate surface area is 130 Å². The molecule has 108 valence electrons. The van der Waals surface area contributed by atoms with E-state index < -0.39 is 0 Å². The molecule has 2 aromatic heterocycles. The van der Waals surface area contributed by atoms with Gasteiger partial charge in [-0.3, -0.25) is 0 Å². The number of nitrogens with one attached hydrogen (secondary N) is 2. The minimum atomic E-state index is 0.622. The quantitative estimate of drug-likeness (QED) is 0.675. The normalized spacial score (nSPS) is 10.5. The predicted molar refractivity (Wildman–Crippen MR) is 86.5 cm³/mol. The van der Waals surface area contributed by atoms with Crippen LogP contribution in [0, 0.1) is 0 Å². The number of ether oxygens (including phenoxy) is 1. The molecule has 21 heavy (non-hydrogen) atoms. The van der Waals surface area contributed by atoms with E-state index in [-0.39, 0.29) is 0 Å². The molecule has 5 nitrogen and oxygen atoms in total. The smallest absolute Gasteiger partial charge is 0.223 e. The van der Waals surface area contributed by atoms with Crippen molar-refractivity contribution in [1.82, 2.24) is 15.2 Å². The number of H-pyrrole nitrogens is 1. The van der Waals surface area contributed by atoms with Gasteiger partial charge >= 0.3 is 0 Å². The second-order valence-corrected chi connectivity index (χ2v) is 6.17. The van der Waals surface area contributed by atoms with Crippen molar-refractivity contribution in [2.75, 3.05) is 12.4 Å². The highest BCUT2D eigenvalue weighted by Gasteiger charge is 2.05. The Bertz CT molecular complexity index is 697. The predicted octanol–water partition coefficient (Wildman–Crippen LogP) is 3.91. The highest BCUT2D eigenvalue weighted by molar-refractivity contribution is 7.98. The first kappa shape index (κ1) is 14.0. The number of thioether (sulfide) groups is 1. The fourth-order valence-corrected chi connectivity index (χ4v) is 3.31. The van der Waals surface area contributed by atoms with Crippen molar-refractivity contribution in [2.45, 2.75) is 10.9 Å². The zero-order valence-corrected chi connectivity index (χ0v) is 13.0. The van der Waals surface area contributed by atoms with Crippen LogP contribution in [-0.2, 0) is 5.75 Å². The summed E-state index contributed by atoms with van der Waals surface area (Å²) in [6, 6.07) is 11.8. The largest absolute Gasteiger partial charge is 0.497 e. The average molecular weight is 318 g/mol. The maximum absolute atomic E-state index is 5.19. The number of aromatic nitrogens is 3. The number of thiophene rings is 1. The summed E-state index contributed by atoms with van der Waals surface area (Å²) in [6.45, 7) is 0. The van der Waals surface area contributed by atoms with Gasteiger partial charge in [-0.15, -0.1) is 16.4 Å². The summed E-state index contributed by atoms with van der Waals surface area (Å²) in [4.78, 5) is 5.72. The third kappa shape index (κ3) is 3.77. The monoisotopic (exact) mass is 318 g/mol. The van der Waals surface area contributed by atoms with Gasteiger partial charge in [-0.2, -0.15) is 4.98 Å². The molecule has 3 rings (SSSR count). The fourth-order valence-electron chi connectivity index (χ4n) is 1.73. The first-order valence-corrected chi connectivity index (χ1v) is 8.18. The number of rotatable bonds is 6. The number of hydrogen-bond donors (Lipinski definition) is 2. The number of methoxy groups -OCH3 is 1. The Balaban J connectivity index is 1.61. The van der Waals surface area contributed by atoms with E-state index in [0.29, 0.717) is 5.95 Å². The molecule has 0 atom stereocenters. The van der Waals surface area contributed by atoms with Crippen LogP contribution in [0.15, 0.2) is 46.9 Å². The first-order chi connectivity index (χ1) is 10.3. The lowest BCUT2D eigenvalue weighted by atomic mass is 10.3. The Morgan fingerprint density at radius 3 is 3.10 bits per heavy atom. The van der Waals surface area contributed by atoms with Gasteiger partial charge in [0.05, 0.1) is 7.11 Å². The lowest BCUT2D eigenvalue weighted by molar-refractivity contribution is 0.415. The van der Waals surface area contributed by atoms with Crippen molar-refractivity contribution < 1.29 is 4.74 Å². The topological polar surface area (TPSA) is 62.8 Å². The average Bonchev–Trinajstić information content (AvgIpc) is 3.17. The Hall–Kier alpha value is -1.99. The van der Waals surface area contributed by atoms with Crippen LogP contribution >= 0.6 is 23.1 Å². The summed E-state index contributed by atoms with van der Waals surface area (Å²) in [5, 5.41) is 13.1. The number of benzene rings is 1. The van der Waals surface area contributed by atoms with E-state index in [0.717, 1.165) is 22.3 Å². The van der Waals surface area contributed by atoms with Gasteiger partial charge in [-0.1, -0.05) is 23.9 Å². The van der Waals surface area contributed by atoms with E-state index >= 15 is 0 Å². The summed E-state index contributed by atoms with van der Waals surface area (Å²) >= 11 is 3.35. The highest BCUT2D eigenvalue weighted by atomic mass is 32.2. The fraction of sp³-hybridized carbons (Fsp3) is 0.143. The summed E-state index contributed by atoms with van der Waals surface area (Å²) in [6.07, 6.45) is 0. The third-order valence-corrected chi connectivity index (χ3v) is 4.68. The van der Waals surface area contributed by atoms with Gasteiger partial charge in [0.1, 0.15) is 5.75 Å². The van der Waals surface area contributed by atoms with Gasteiger partial charge in [0.25, 0.3) is 0 Å². The third-order valence-electron chi connectivity index (χ3n) is 2.72. The van der Waals surface area contributed by atoms with E-state index in [1.165, 1.54) is 4.88 Å². The molecular formula is C14H14N4OS2. The highest BCUT2D eigenvalue weighted by Crippen LogP contribution is 2.24. The van der Waals surface area contributed by atoms with Crippen LogP contribution in [0.2, 0.25) is 0 Å². The molecule has 0 fully saturated rings. The summed E-state index contributed by atoms with van der Waals surface area (Å²) in [5.41, 5.74) is 0.903. The zero-order chi connectivity index (χ0) is 14.5. The second-order valence-electron chi connectivity index (χ2n) is 4.19. The Kier molecular flexibility index (Phi) is 4.42. The number of hydrogen-bond acceptors (Lipinski definition) is 6. The molecule has 7 heteroatoms. The molecule has 2 heterocycles. The minimum absolute atomic E-state index is 0.622. The van der Waals surface area contributed by atoms with Gasteiger partial charge in [0.15, 0.2) is 0 Å². The molecule has 0 unspecified atom stereocenters. The molecule has 2 N–H and O–H groups in total. The van der Waals surface area contributed by atoms with Gasteiger partial charge < -0.3 is 10.1 Å². The van der Waals surface area contributed by atoms with Crippen molar-refractivity contribution in [1.29, 1.82) is 0 Å². The molecule has 0 spiro atoms. The number of nitrogens with zero attached hydrogens (tertiary/aromatic N) is 2. The van der Waals surface area contributed by atoms with Gasteiger partial charge in [-0.05, 0) is 23.6 Å². The van der Waals surface area contributed by atoms with Crippen LogP contribution in [-0.4, -0.2) is 22.3 Å². The summed E-state index contributed by atoms with van der Waals surface area (Å²) in [7, 11) is 1.65. The molecule has 3 aromatic rings. The van der Waals surface area contributed by atoms with Crippen molar-refractivity contribution in [3.63, 3.8) is 0 Å². The Morgan fingerprint density at radius 1 is 1.33 bits per heavy atom. The van der Waals surface area contributed by atoms with Crippen molar-refractivity contribution >= 4 is 34.7 Å². The molecule has 0 bridgehead atoms. The zero-order valence-electron chi connectivity index (χ0n) is 11.4. The molecule has 1 aromatic carbocycles. The molecule has 0 saturated heterocycles. The number of anilines is 2. The van der Waals surface area contributed by atoms with Gasteiger partial charge in [0, 0.05) is 22.4 Å². The van der Waals surface area contributed by atoms with E-state index in [2.05, 4.69) is 31.9 Å². The maximum Gasteiger partial charge on any atom is 0.223 e. The molecule has 0 aliphatic rings. The van der Waals surface area contributed by atoms with E-state index in [9.17, 15) is 0 Å². The molecular weight excluding hydrogens is 304 g/mol. The van der Waals surface area contributed by atoms with Crippen LogP contribution in [0.1, 0.15) is 4.88 Å². The van der Waals surface area contributed by atoms with E-state index in [1.54, 1.807) is 30.2 Å². The van der Waals surface area contributed by atoms with Crippen LogP contribution in [0.5, 0.6) is 5.75 Å². The lowest BCUT2D eigenvalue weighted by Crippen LogP contribution is -1.93. The number of aromatic amines is 1. The van der Waals surface area contributed by atoms with Crippen LogP contribution in [0.3, 0.4) is 0 Å². The van der Waals surface area contributed by atoms with Crippen molar-refractivity contribution in [2.24, 2.45) is 0 Å². The molecule has 0 aliphatic heterocycles. The Morgan fingerprint density at radius 2 is 2.29 bits per heavy atom. The summed E-state index contributed by atoms with van der Waals surface area (Å²) < 4.78 is 5.19. The minimum Gasteiger partial charge on any atom is -0.497 e. The lowest BCUT2D eigenvalue weighted by Gasteiger charge is -2.04. The van der Waals surface area contributed by atoms with Gasteiger partial charge in [-0.25, -0.2) is 5.10 Å². The van der Waals surface area contributed by atoms with Crippen molar-refractivity contribution in [3.8, 4) is 5.75 Å². The van der Waals surface area contributed by atoms with E-state index in [1.807, 2.05) is 30.3 Å². The van der Waals surface area contributed by atoms with Gasteiger partial charge in [0.2, 0.25) is 11.1 Å². The SMILES string of the molecule is COc1cccc(Nc2nc(SCc3cccs3)n[nH]2)c1. The second kappa shape index (κ2) is 6.64. The van der Waals surface area contributed by atoms with E-state index in [4.69, 9.17) is 4.74 Å². The first-order valence-electron chi connectivity index (χ1n) is 6.32.